The molecule has 0 unspecified atom stereocenters. The van der Waals surface area contributed by atoms with E-state index in [0.717, 1.165) is 11.3 Å². The van der Waals surface area contributed by atoms with Gasteiger partial charge in [-0.25, -0.2) is 0 Å². The van der Waals surface area contributed by atoms with Crippen LogP contribution in [0.2, 0.25) is 0 Å². The first kappa shape index (κ1) is 16.5. The van der Waals surface area contributed by atoms with Crippen LogP contribution in [0, 0.1) is 0 Å². The first-order valence-corrected chi connectivity index (χ1v) is 9.35. The number of hydrogen-bond acceptors (Lipinski definition) is 6. The average Bonchev–Trinajstić information content (AvgIpc) is 2.81. The minimum Gasteiger partial charge on any atom is -0.452 e. The second kappa shape index (κ2) is 6.76. The van der Waals surface area contributed by atoms with Crippen LogP contribution in [0.5, 0.6) is 5.88 Å². The van der Waals surface area contributed by atoms with Gasteiger partial charge in [-0.3, -0.25) is 9.69 Å². The van der Waals surface area contributed by atoms with Crippen molar-refractivity contribution in [2.24, 2.45) is 0 Å². The van der Waals surface area contributed by atoms with Crippen LogP contribution in [0.3, 0.4) is 0 Å². The highest BCUT2D eigenvalue weighted by molar-refractivity contribution is 7.98. The summed E-state index contributed by atoms with van der Waals surface area (Å²) < 4.78 is 6.02. The SMILES string of the molecule is CSc1nnc2c(n1)O[C@H](C)N(C(=O)c1ccccc1)c1ccccc1-2. The minimum absolute atomic E-state index is 0.142. The number of nitrogens with zero attached hydrogens (tertiary/aromatic N) is 4. The Labute approximate surface area is 155 Å². The molecule has 2 aromatic carbocycles. The maximum atomic E-state index is 13.2. The monoisotopic (exact) mass is 364 g/mol. The summed E-state index contributed by atoms with van der Waals surface area (Å²) in [5, 5.41) is 8.94. The van der Waals surface area contributed by atoms with Gasteiger partial charge < -0.3 is 4.74 Å². The van der Waals surface area contributed by atoms with Gasteiger partial charge in [-0.2, -0.15) is 4.98 Å². The molecule has 26 heavy (non-hydrogen) atoms. The molecule has 0 fully saturated rings. The van der Waals surface area contributed by atoms with Gasteiger partial charge in [-0.1, -0.05) is 48.2 Å². The molecule has 3 aromatic rings. The van der Waals surface area contributed by atoms with Gasteiger partial charge in [0.15, 0.2) is 11.9 Å². The maximum Gasteiger partial charge on any atom is 0.261 e. The molecule has 1 aliphatic rings. The van der Waals surface area contributed by atoms with Crippen LogP contribution in [-0.2, 0) is 0 Å². The largest absolute Gasteiger partial charge is 0.452 e. The van der Waals surface area contributed by atoms with Crippen molar-refractivity contribution in [1.82, 2.24) is 15.2 Å². The number of anilines is 1. The van der Waals surface area contributed by atoms with Crippen LogP contribution >= 0.6 is 11.8 Å². The van der Waals surface area contributed by atoms with Gasteiger partial charge in [0.1, 0.15) is 0 Å². The lowest BCUT2D eigenvalue weighted by molar-refractivity contribution is 0.0924. The zero-order valence-corrected chi connectivity index (χ0v) is 15.1. The van der Waals surface area contributed by atoms with Crippen LogP contribution in [0.25, 0.3) is 11.3 Å². The third-order valence-corrected chi connectivity index (χ3v) is 4.66. The number of para-hydroxylation sites is 1. The third-order valence-electron chi connectivity index (χ3n) is 4.12. The summed E-state index contributed by atoms with van der Waals surface area (Å²) in [6, 6.07) is 16.7. The topological polar surface area (TPSA) is 68.2 Å². The number of carbonyl (C=O) groups excluding carboxylic acids is 1. The van der Waals surface area contributed by atoms with E-state index in [1.165, 1.54) is 11.8 Å². The molecule has 0 spiro atoms. The number of thioether (sulfide) groups is 1. The molecule has 0 saturated heterocycles. The van der Waals surface area contributed by atoms with Crippen LogP contribution in [0.15, 0.2) is 59.8 Å². The predicted molar refractivity (Wildman–Crippen MR) is 100 cm³/mol. The van der Waals surface area contributed by atoms with Crippen LogP contribution in [0.4, 0.5) is 5.69 Å². The molecule has 4 rings (SSSR count). The number of hydrogen-bond donors (Lipinski definition) is 0. The molecule has 1 aliphatic heterocycles. The highest BCUT2D eigenvalue weighted by atomic mass is 32.2. The molecule has 0 saturated carbocycles. The van der Waals surface area contributed by atoms with Crippen molar-refractivity contribution in [2.75, 3.05) is 11.2 Å². The Kier molecular flexibility index (Phi) is 4.30. The highest BCUT2D eigenvalue weighted by Gasteiger charge is 2.32. The van der Waals surface area contributed by atoms with Crippen LogP contribution in [0.1, 0.15) is 17.3 Å². The van der Waals surface area contributed by atoms with Crippen LogP contribution in [-0.4, -0.2) is 33.6 Å². The summed E-state index contributed by atoms with van der Waals surface area (Å²) in [4.78, 5) is 19.3. The third kappa shape index (κ3) is 2.80. The normalized spacial score (nSPS) is 15.5. The van der Waals surface area contributed by atoms with Crippen molar-refractivity contribution in [3.8, 4) is 17.1 Å². The number of carbonyl (C=O) groups is 1. The van der Waals surface area contributed by atoms with E-state index in [0.29, 0.717) is 22.3 Å². The summed E-state index contributed by atoms with van der Waals surface area (Å²) in [6.45, 7) is 1.83. The van der Waals surface area contributed by atoms with Crippen LogP contribution < -0.4 is 9.64 Å². The molecule has 2 heterocycles. The Balaban J connectivity index is 1.87. The summed E-state index contributed by atoms with van der Waals surface area (Å²) in [7, 11) is 0. The van der Waals surface area contributed by atoms with E-state index in [2.05, 4.69) is 15.2 Å². The Hall–Kier alpha value is -2.93. The molecule has 6 nitrogen and oxygen atoms in total. The van der Waals surface area contributed by atoms with Crippen molar-refractivity contribution >= 4 is 23.4 Å². The molecular formula is C19H16N4O2S. The Morgan fingerprint density at radius 3 is 2.58 bits per heavy atom. The minimum atomic E-state index is -0.545. The van der Waals surface area contributed by atoms with Gasteiger partial charge in [0.25, 0.3) is 5.91 Å². The van der Waals surface area contributed by atoms with Crippen molar-refractivity contribution in [3.63, 3.8) is 0 Å². The molecule has 1 aromatic heterocycles. The van der Waals surface area contributed by atoms with Gasteiger partial charge in [0, 0.05) is 11.1 Å². The van der Waals surface area contributed by atoms with Gasteiger partial charge >= 0.3 is 0 Å². The Morgan fingerprint density at radius 1 is 1.08 bits per heavy atom. The van der Waals surface area contributed by atoms with Crippen molar-refractivity contribution < 1.29 is 9.53 Å². The average molecular weight is 364 g/mol. The van der Waals surface area contributed by atoms with Gasteiger partial charge in [0.05, 0.1) is 5.69 Å². The first-order chi connectivity index (χ1) is 12.7. The fraction of sp³-hybridized carbons (Fsp3) is 0.158. The zero-order valence-electron chi connectivity index (χ0n) is 14.3. The van der Waals surface area contributed by atoms with E-state index in [4.69, 9.17) is 4.74 Å². The molecule has 1 atom stereocenters. The summed E-state index contributed by atoms with van der Waals surface area (Å²) in [5.74, 6) is 0.240. The fourth-order valence-electron chi connectivity index (χ4n) is 2.92. The smallest absolute Gasteiger partial charge is 0.261 e. The molecule has 130 valence electrons. The summed E-state index contributed by atoms with van der Waals surface area (Å²) in [6.07, 6.45) is 1.33. The quantitative estimate of drug-likeness (QED) is 0.647. The first-order valence-electron chi connectivity index (χ1n) is 8.12. The number of fused-ring (bicyclic) bond motifs is 3. The maximum absolute atomic E-state index is 13.2. The highest BCUT2D eigenvalue weighted by Crippen LogP contribution is 2.39. The molecule has 0 radical (unpaired) electrons. The molecular weight excluding hydrogens is 348 g/mol. The lowest BCUT2D eigenvalue weighted by Gasteiger charge is -2.28. The number of ether oxygens (including phenoxy) is 1. The number of benzene rings is 2. The van der Waals surface area contributed by atoms with E-state index in [-0.39, 0.29) is 5.91 Å². The van der Waals surface area contributed by atoms with Crippen molar-refractivity contribution in [3.05, 3.63) is 60.2 Å². The summed E-state index contributed by atoms with van der Waals surface area (Å²) >= 11 is 1.39. The van der Waals surface area contributed by atoms with E-state index in [1.807, 2.05) is 55.6 Å². The molecule has 1 amide bonds. The summed E-state index contributed by atoms with van der Waals surface area (Å²) in [5.41, 5.74) is 2.62. The second-order valence-corrected chi connectivity index (χ2v) is 6.50. The van der Waals surface area contributed by atoms with E-state index < -0.39 is 6.23 Å². The molecule has 0 N–H and O–H groups in total. The predicted octanol–water partition coefficient (Wildman–Crippen LogP) is 3.65. The zero-order chi connectivity index (χ0) is 18.1. The lowest BCUT2D eigenvalue weighted by atomic mass is 10.1. The van der Waals surface area contributed by atoms with Crippen molar-refractivity contribution in [2.45, 2.75) is 18.3 Å². The molecule has 7 heteroatoms. The van der Waals surface area contributed by atoms with Gasteiger partial charge in [0.2, 0.25) is 11.0 Å². The fourth-order valence-corrected chi connectivity index (χ4v) is 3.22. The number of amides is 1. The number of aromatic nitrogens is 3. The van der Waals surface area contributed by atoms with Crippen molar-refractivity contribution in [1.29, 1.82) is 0 Å². The lowest BCUT2D eigenvalue weighted by Crippen LogP contribution is -2.41. The molecule has 0 aliphatic carbocycles. The van der Waals surface area contributed by atoms with Gasteiger partial charge in [-0.05, 0) is 31.4 Å². The van der Waals surface area contributed by atoms with E-state index in [9.17, 15) is 4.79 Å². The second-order valence-electron chi connectivity index (χ2n) is 5.73. The Morgan fingerprint density at radius 2 is 1.81 bits per heavy atom. The standard InChI is InChI=1S/C19H16N4O2S/c1-12-23(18(24)13-8-4-3-5-9-13)15-11-7-6-10-14(15)16-17(25-12)20-19(26-2)22-21-16/h3-12H,1-2H3/t12-/m1/s1. The van der Waals surface area contributed by atoms with E-state index in [1.54, 1.807) is 17.0 Å². The number of rotatable bonds is 2. The van der Waals surface area contributed by atoms with E-state index >= 15 is 0 Å². The van der Waals surface area contributed by atoms with Gasteiger partial charge in [-0.15, -0.1) is 10.2 Å². The molecule has 0 bridgehead atoms. The Bertz CT molecular complexity index is 965.